The number of rotatable bonds is 17. The highest BCUT2D eigenvalue weighted by atomic mass is 32.2. The van der Waals surface area contributed by atoms with E-state index in [1.54, 1.807) is 62.8 Å². The van der Waals surface area contributed by atoms with Crippen LogP contribution in [0.5, 0.6) is 11.5 Å². The molecule has 7 N–H and O–H groups in total. The van der Waals surface area contributed by atoms with E-state index in [4.69, 9.17) is 10.2 Å². The van der Waals surface area contributed by atoms with E-state index < -0.39 is 12.1 Å². The van der Waals surface area contributed by atoms with Gasteiger partial charge in [-0.1, -0.05) is 134 Å². The third-order valence-corrected chi connectivity index (χ3v) is 17.4. The highest BCUT2D eigenvalue weighted by Gasteiger charge is 2.25. The van der Waals surface area contributed by atoms with E-state index in [0.29, 0.717) is 35.3 Å². The van der Waals surface area contributed by atoms with Crippen LogP contribution in [-0.4, -0.2) is 88.5 Å². The summed E-state index contributed by atoms with van der Waals surface area (Å²) in [6.45, 7) is 17.0. The van der Waals surface area contributed by atoms with Crippen molar-refractivity contribution in [1.82, 2.24) is 59.4 Å². The molecule has 0 aliphatic carbocycles. The number of phenols is 2. The predicted molar refractivity (Wildman–Crippen MR) is 353 cm³/mol. The lowest BCUT2D eigenvalue weighted by molar-refractivity contribution is 0.250. The summed E-state index contributed by atoms with van der Waals surface area (Å²) in [4.78, 5) is 31.4. The normalized spacial score (nSPS) is 11.5. The molecule has 0 aliphatic heterocycles. The van der Waals surface area contributed by atoms with Gasteiger partial charge >= 0.3 is 12.1 Å². The molecule has 462 valence electrons. The van der Waals surface area contributed by atoms with E-state index in [2.05, 4.69) is 55.5 Å². The number of nitrogens with one attached hydrogen (secondary N) is 4. The number of fused-ring (bicyclic) bond motifs is 2. The molecule has 11 rings (SSSR count). The number of phenolic OH excluding ortho intramolecular Hbond substituents is 2. The Balaban J connectivity index is 0.000000202. The van der Waals surface area contributed by atoms with Gasteiger partial charge in [0.15, 0.2) is 17.1 Å². The monoisotopic (exact) mass is 1270 g/mol. The van der Waals surface area contributed by atoms with Crippen LogP contribution in [0.1, 0.15) is 101 Å². The maximum Gasteiger partial charge on any atom is 0.320 e. The van der Waals surface area contributed by atoms with Gasteiger partial charge in [0.2, 0.25) is 0 Å². The Morgan fingerprint density at radius 3 is 1.52 bits per heavy atom. The first kappa shape index (κ1) is 63.9. The number of aromatic hydroxyl groups is 2. The van der Waals surface area contributed by atoms with Crippen molar-refractivity contribution in [3.05, 3.63) is 197 Å². The lowest BCUT2D eigenvalue weighted by Gasteiger charge is -2.14. The van der Waals surface area contributed by atoms with E-state index in [-0.39, 0.29) is 52.5 Å². The summed E-state index contributed by atoms with van der Waals surface area (Å²) in [6.07, 6.45) is 4.05. The molecule has 0 fully saturated rings. The molecule has 0 aliphatic rings. The SMILES string of the molecule is CC(C)(C)c1cc(NC(=O)NCc2ccccc2Sc2ccc3nnc(-c4ccccc4SCCO)n3c2)n(-c2ccc(O)c(C#N)c2)n1.CC(C)c1nnc2ccc(Sc3ccccc3CNC(=O)Nc3cc(C(C)(C)C)nn3-c3ccc(O)c(C#N)c3)cn12. The van der Waals surface area contributed by atoms with Crippen LogP contribution in [0.4, 0.5) is 21.2 Å². The molecule has 24 heteroatoms. The number of nitrogens with zero attached hydrogens (tertiary/aromatic N) is 12. The third kappa shape index (κ3) is 15.1. The minimum absolute atomic E-state index is 0.0864. The molecule has 91 heavy (non-hydrogen) atoms. The molecule has 0 unspecified atom stereocenters. The first-order chi connectivity index (χ1) is 43.7. The summed E-state index contributed by atoms with van der Waals surface area (Å²) in [5, 5.41) is 86.7. The van der Waals surface area contributed by atoms with Crippen molar-refractivity contribution in [3.63, 3.8) is 0 Å². The summed E-state index contributed by atoms with van der Waals surface area (Å²) in [5.74, 6) is 3.08. The van der Waals surface area contributed by atoms with Crippen LogP contribution >= 0.6 is 35.3 Å². The van der Waals surface area contributed by atoms with Crippen molar-refractivity contribution in [3.8, 4) is 46.4 Å². The minimum atomic E-state index is -0.422. The van der Waals surface area contributed by atoms with Gasteiger partial charge in [-0.15, -0.1) is 32.2 Å². The largest absolute Gasteiger partial charge is 0.507 e. The lowest BCUT2D eigenvalue weighted by atomic mass is 9.92. The molecule has 11 aromatic rings. The quantitative estimate of drug-likeness (QED) is 0.0417. The second-order valence-electron chi connectivity index (χ2n) is 23.3. The van der Waals surface area contributed by atoms with E-state index in [1.165, 1.54) is 24.3 Å². The van der Waals surface area contributed by atoms with Crippen molar-refractivity contribution in [1.29, 1.82) is 10.5 Å². The smallest absolute Gasteiger partial charge is 0.320 e. The maximum absolute atomic E-state index is 13.3. The average Bonchev–Trinajstić information content (AvgIpc) is 1.73. The molecule has 0 spiro atoms. The molecule has 5 aromatic carbocycles. The number of hydrogen-bond donors (Lipinski definition) is 7. The number of carbonyl (C=O) groups excluding carboxylic acids is 2. The van der Waals surface area contributed by atoms with Gasteiger partial charge in [-0.3, -0.25) is 19.4 Å². The fourth-order valence-corrected chi connectivity index (χ4v) is 12.1. The zero-order valence-electron chi connectivity index (χ0n) is 51.2. The van der Waals surface area contributed by atoms with Crippen LogP contribution in [0.15, 0.2) is 182 Å². The van der Waals surface area contributed by atoms with Gasteiger partial charge in [0, 0.05) is 90.2 Å². The summed E-state index contributed by atoms with van der Waals surface area (Å²) >= 11 is 4.76. The lowest BCUT2D eigenvalue weighted by Crippen LogP contribution is -2.29. The van der Waals surface area contributed by atoms with Crippen molar-refractivity contribution in [2.75, 3.05) is 23.0 Å². The third-order valence-electron chi connectivity index (χ3n) is 14.2. The maximum atomic E-state index is 13.3. The molecule has 4 amide bonds. The van der Waals surface area contributed by atoms with Crippen LogP contribution in [0.3, 0.4) is 0 Å². The number of benzene rings is 5. The highest BCUT2D eigenvalue weighted by Crippen LogP contribution is 2.36. The molecular weight excluding hydrogens is 1210 g/mol. The van der Waals surface area contributed by atoms with Crippen molar-refractivity contribution in [2.24, 2.45) is 0 Å². The number of pyridine rings is 2. The summed E-state index contributed by atoms with van der Waals surface area (Å²) in [5.41, 5.74) is 6.58. The van der Waals surface area contributed by atoms with E-state index in [1.807, 2.05) is 178 Å². The fraction of sp³-hybridized carbons (Fsp3) is 0.224. The Morgan fingerprint density at radius 2 is 1.03 bits per heavy atom. The summed E-state index contributed by atoms with van der Waals surface area (Å²) < 4.78 is 7.11. The van der Waals surface area contributed by atoms with E-state index in [9.17, 15) is 35.4 Å². The fourth-order valence-electron chi connectivity index (χ4n) is 9.37. The number of anilines is 2. The summed E-state index contributed by atoms with van der Waals surface area (Å²) in [6, 6.07) is 47.7. The Bertz CT molecular complexity index is 4560. The second kappa shape index (κ2) is 27.7. The molecule has 0 saturated heterocycles. The van der Waals surface area contributed by atoms with Crippen LogP contribution in [0.2, 0.25) is 0 Å². The molecule has 21 nitrogen and oxygen atoms in total. The number of urea groups is 2. The van der Waals surface area contributed by atoms with Crippen molar-refractivity contribution < 1.29 is 24.9 Å². The number of carbonyl (C=O) groups is 2. The van der Waals surface area contributed by atoms with E-state index >= 15 is 0 Å². The van der Waals surface area contributed by atoms with Gasteiger partial charge in [0.25, 0.3) is 0 Å². The molecule has 0 atom stereocenters. The molecule has 0 bridgehead atoms. The highest BCUT2D eigenvalue weighted by molar-refractivity contribution is 8.00. The van der Waals surface area contributed by atoms with Gasteiger partial charge in [-0.05, 0) is 90.0 Å². The number of amides is 4. The van der Waals surface area contributed by atoms with Gasteiger partial charge in [-0.2, -0.15) is 20.7 Å². The van der Waals surface area contributed by atoms with Gasteiger partial charge in [-0.25, -0.2) is 19.0 Å². The predicted octanol–water partition coefficient (Wildman–Crippen LogP) is 13.4. The van der Waals surface area contributed by atoms with Crippen molar-refractivity contribution >= 4 is 70.3 Å². The number of thioether (sulfide) groups is 1. The molecule has 6 aromatic heterocycles. The topological polar surface area (TPSA) is 287 Å². The molecule has 6 heterocycles. The number of aliphatic hydroxyl groups is 1. The second-order valence-corrected chi connectivity index (χ2v) is 26.7. The Kier molecular flexibility index (Phi) is 19.5. The number of aromatic nitrogens is 10. The molecular formula is C67H66N16O5S3. The molecule has 0 saturated carbocycles. The number of nitriles is 2. The zero-order valence-corrected chi connectivity index (χ0v) is 53.6. The van der Waals surface area contributed by atoms with Gasteiger partial charge in [0.1, 0.15) is 41.1 Å². The zero-order chi connectivity index (χ0) is 64.6. The summed E-state index contributed by atoms with van der Waals surface area (Å²) in [7, 11) is 0. The number of hydrogen-bond acceptors (Lipinski definition) is 16. The first-order valence-electron chi connectivity index (χ1n) is 29.0. The standard InChI is InChI=1S/C36H34N8O3S2.C31H32N8O2S/c1-36(2,3)31-19-33(44(42-31)25-12-14-28(46)24(18-25)20-37)39-35(47)38-21-23-8-4-6-10-29(23)49-26-13-15-32-40-41-34(43(32)22-26)27-9-5-7-11-30(27)48-17-16-45;1-19(2)29-36-35-27-13-11-23(18-38(27)29)42-25-9-7-6-8-20(25)17-33-30(41)34-28-15-26(31(3,4)5)37-39(28)22-10-12-24(40)21(14-22)16-32/h4-15,18-19,22,45-46H,16-17,21H2,1-3H3,(H2,38,39,47);6-15,18-19,40H,17H2,1-5H3,(H2,33,34,41). The van der Waals surface area contributed by atoms with Crippen LogP contribution in [0, 0.1) is 22.7 Å². The first-order valence-corrected chi connectivity index (χ1v) is 31.6. The Labute approximate surface area is 538 Å². The minimum Gasteiger partial charge on any atom is -0.507 e. The van der Waals surface area contributed by atoms with Crippen LogP contribution in [0.25, 0.3) is 34.1 Å². The Hall–Kier alpha value is -10.1. The van der Waals surface area contributed by atoms with E-state index in [0.717, 1.165) is 75.5 Å². The Morgan fingerprint density at radius 1 is 0.571 bits per heavy atom. The van der Waals surface area contributed by atoms with Gasteiger partial charge in [0.05, 0.1) is 40.5 Å². The number of aliphatic hydroxyl groups excluding tert-OH is 1. The average molecular weight is 1270 g/mol. The van der Waals surface area contributed by atoms with Gasteiger partial charge < -0.3 is 26.0 Å². The van der Waals surface area contributed by atoms with Crippen molar-refractivity contribution in [2.45, 2.75) is 110 Å². The van der Waals surface area contributed by atoms with Crippen LogP contribution < -0.4 is 21.3 Å². The molecule has 0 radical (unpaired) electrons. The van der Waals surface area contributed by atoms with Crippen LogP contribution in [-0.2, 0) is 23.9 Å².